The summed E-state index contributed by atoms with van der Waals surface area (Å²) >= 11 is 0. The third-order valence-electron chi connectivity index (χ3n) is 5.14. The Hall–Kier alpha value is -2.48. The summed E-state index contributed by atoms with van der Waals surface area (Å²) in [5, 5.41) is 7.39. The molecule has 2 amide bonds. The molecule has 0 saturated carbocycles. The smallest absolute Gasteiger partial charge is 0.307 e. The van der Waals surface area contributed by atoms with Crippen molar-refractivity contribution in [1.82, 2.24) is 14.5 Å². The second-order valence-corrected chi connectivity index (χ2v) is 8.40. The summed E-state index contributed by atoms with van der Waals surface area (Å²) in [6, 6.07) is 3.23. The number of fused-ring (bicyclic) bond motifs is 2. The van der Waals surface area contributed by atoms with E-state index in [1.54, 1.807) is 16.9 Å². The van der Waals surface area contributed by atoms with Gasteiger partial charge in [-0.1, -0.05) is 0 Å². The maximum atomic E-state index is 12.5. The van der Waals surface area contributed by atoms with Crippen LogP contribution in [0.15, 0.2) is 23.4 Å². The molecule has 4 rings (SSSR count). The van der Waals surface area contributed by atoms with E-state index in [1.165, 1.54) is 0 Å². The molecule has 1 heterocycles. The Morgan fingerprint density at radius 3 is 2.78 bits per heavy atom. The molecule has 1 aromatic heterocycles. The number of rotatable bonds is 4. The van der Waals surface area contributed by atoms with Gasteiger partial charge in [0, 0.05) is 29.9 Å². The second kappa shape index (κ2) is 6.92. The van der Waals surface area contributed by atoms with Crippen LogP contribution in [-0.2, 0) is 30.2 Å². The molecule has 2 aliphatic rings. The van der Waals surface area contributed by atoms with Crippen molar-refractivity contribution < 1.29 is 13.8 Å². The molecule has 27 heavy (non-hydrogen) atoms. The van der Waals surface area contributed by atoms with Crippen LogP contribution in [0.5, 0.6) is 0 Å². The quantitative estimate of drug-likeness (QED) is 0.845. The fourth-order valence-corrected chi connectivity index (χ4v) is 4.48. The number of benzene rings is 1. The van der Waals surface area contributed by atoms with Gasteiger partial charge in [-0.25, -0.2) is 9.00 Å². The Balaban J connectivity index is 1.54. The van der Waals surface area contributed by atoms with E-state index in [-0.39, 0.29) is 11.8 Å². The van der Waals surface area contributed by atoms with Crippen molar-refractivity contribution in [3.8, 4) is 0 Å². The number of hydrogen-bond acceptors (Lipinski definition) is 4. The number of aryl methyl sites for hydroxylation is 1. The van der Waals surface area contributed by atoms with Gasteiger partial charge in [-0.3, -0.25) is 14.2 Å². The summed E-state index contributed by atoms with van der Waals surface area (Å²) in [4.78, 5) is 24.6. The average molecular weight is 386 g/mol. The van der Waals surface area contributed by atoms with Crippen molar-refractivity contribution >= 4 is 28.5 Å². The lowest BCUT2D eigenvalue weighted by Gasteiger charge is -2.15. The van der Waals surface area contributed by atoms with E-state index >= 15 is 0 Å². The molecule has 0 spiro atoms. The number of urea groups is 1. The fraction of sp³-hybridized carbons (Fsp3) is 0.421. The first kappa shape index (κ1) is 17.9. The molecule has 0 fully saturated rings. The Morgan fingerprint density at radius 1 is 1.22 bits per heavy atom. The van der Waals surface area contributed by atoms with E-state index in [1.807, 2.05) is 19.9 Å². The van der Waals surface area contributed by atoms with E-state index in [2.05, 4.69) is 15.1 Å². The fourth-order valence-electron chi connectivity index (χ4n) is 3.81. The predicted molar refractivity (Wildman–Crippen MR) is 102 cm³/mol. The molecule has 0 radical (unpaired) electrons. The number of carbonyl (C=O) groups excluding carboxylic acids is 2. The van der Waals surface area contributed by atoms with Crippen LogP contribution < -0.4 is 10.0 Å². The number of nitrogens with zero attached hydrogens (tertiary/aromatic N) is 2. The van der Waals surface area contributed by atoms with Gasteiger partial charge >= 0.3 is 6.03 Å². The van der Waals surface area contributed by atoms with Crippen LogP contribution >= 0.6 is 0 Å². The molecule has 0 saturated heterocycles. The highest BCUT2D eigenvalue weighted by atomic mass is 32.2. The topological polar surface area (TPSA) is 93.1 Å². The maximum Gasteiger partial charge on any atom is 0.331 e. The molecule has 0 aliphatic heterocycles. The van der Waals surface area contributed by atoms with Gasteiger partial charge in [0.05, 0.1) is 0 Å². The summed E-state index contributed by atoms with van der Waals surface area (Å²) in [6.07, 6.45) is 5.67. The highest BCUT2D eigenvalue weighted by Gasteiger charge is 2.29. The number of anilines is 1. The van der Waals surface area contributed by atoms with Gasteiger partial charge in [0.15, 0.2) is 21.8 Å². The van der Waals surface area contributed by atoms with Gasteiger partial charge in [0.1, 0.15) is 0 Å². The Kier molecular flexibility index (Phi) is 4.59. The van der Waals surface area contributed by atoms with Crippen LogP contribution in [-0.4, -0.2) is 25.8 Å². The van der Waals surface area contributed by atoms with E-state index in [9.17, 15) is 13.8 Å². The number of ketones is 1. The zero-order valence-corrected chi connectivity index (χ0v) is 16.2. The number of Topliss-reactive ketones (excluding diaryl/α,β-unsaturated/α-hetero) is 1. The number of nitrogens with one attached hydrogen (secondary N) is 2. The average Bonchev–Trinajstić information content (AvgIpc) is 3.34. The van der Waals surface area contributed by atoms with Gasteiger partial charge < -0.3 is 5.32 Å². The van der Waals surface area contributed by atoms with Crippen LogP contribution in [0.4, 0.5) is 10.5 Å². The molecule has 1 aromatic carbocycles. The van der Waals surface area contributed by atoms with Crippen LogP contribution in [0.1, 0.15) is 59.8 Å². The lowest BCUT2D eigenvalue weighted by atomic mass is 9.98. The zero-order chi connectivity index (χ0) is 19.1. The van der Waals surface area contributed by atoms with Crippen molar-refractivity contribution in [3.05, 3.63) is 40.6 Å². The lowest BCUT2D eigenvalue weighted by molar-refractivity contribution is 0.0994. The van der Waals surface area contributed by atoms with Crippen LogP contribution in [0.25, 0.3) is 0 Å². The highest BCUT2D eigenvalue weighted by Crippen LogP contribution is 2.38. The van der Waals surface area contributed by atoms with Gasteiger partial charge in [0.25, 0.3) is 0 Å². The minimum Gasteiger partial charge on any atom is -0.307 e. The summed E-state index contributed by atoms with van der Waals surface area (Å²) in [5.41, 5.74) is 4.60. The van der Waals surface area contributed by atoms with Crippen LogP contribution in [0.3, 0.4) is 0 Å². The third-order valence-corrected chi connectivity index (χ3v) is 6.11. The zero-order valence-electron chi connectivity index (χ0n) is 15.4. The summed E-state index contributed by atoms with van der Waals surface area (Å²) in [5.74, 6) is 0.131. The molecule has 1 unspecified atom stereocenters. The number of carbonyl (C=O) groups is 2. The van der Waals surface area contributed by atoms with E-state index in [0.29, 0.717) is 17.9 Å². The number of hydrogen-bond donors (Lipinski definition) is 2. The van der Waals surface area contributed by atoms with Crippen LogP contribution in [0, 0.1) is 0 Å². The number of amides is 2. The first-order chi connectivity index (χ1) is 12.9. The molecule has 7 nitrogen and oxygen atoms in total. The van der Waals surface area contributed by atoms with Gasteiger partial charge in [0.2, 0.25) is 0 Å². The molecular weight excluding hydrogens is 364 g/mol. The third kappa shape index (κ3) is 3.29. The standard InChI is InChI=1S/C19H22N4O3S/c1-11(2)23-9-8-17(21-23)27(26)22-19(25)20-18-13-5-3-4-12(13)10-15-14(18)6-7-16(15)24/h8-11H,3-7H2,1-2H3,(H2,20,22,25). The van der Waals surface area contributed by atoms with E-state index < -0.39 is 17.0 Å². The molecule has 2 N–H and O–H groups in total. The summed E-state index contributed by atoms with van der Waals surface area (Å²) in [7, 11) is -1.75. The van der Waals surface area contributed by atoms with E-state index in [0.717, 1.165) is 47.2 Å². The summed E-state index contributed by atoms with van der Waals surface area (Å²) < 4.78 is 16.6. The van der Waals surface area contributed by atoms with Crippen molar-refractivity contribution in [2.75, 3.05) is 5.32 Å². The molecule has 142 valence electrons. The van der Waals surface area contributed by atoms with E-state index in [4.69, 9.17) is 0 Å². The Labute approximate surface area is 160 Å². The normalized spacial score (nSPS) is 16.3. The van der Waals surface area contributed by atoms with Crippen molar-refractivity contribution in [1.29, 1.82) is 0 Å². The second-order valence-electron chi connectivity index (χ2n) is 7.24. The van der Waals surface area contributed by atoms with Gasteiger partial charge in [-0.2, -0.15) is 5.10 Å². The Morgan fingerprint density at radius 2 is 2.04 bits per heavy atom. The monoisotopic (exact) mass is 386 g/mol. The molecular formula is C19H22N4O3S. The minimum absolute atomic E-state index is 0.131. The lowest BCUT2D eigenvalue weighted by Crippen LogP contribution is -2.31. The number of aromatic nitrogens is 2. The maximum absolute atomic E-state index is 12.5. The molecule has 2 aromatic rings. The van der Waals surface area contributed by atoms with Crippen LogP contribution in [0.2, 0.25) is 0 Å². The molecule has 0 bridgehead atoms. The van der Waals surface area contributed by atoms with Gasteiger partial charge in [-0.05, 0) is 68.4 Å². The first-order valence-corrected chi connectivity index (χ1v) is 10.3. The highest BCUT2D eigenvalue weighted by molar-refractivity contribution is 7.83. The van der Waals surface area contributed by atoms with Crippen molar-refractivity contribution in [3.63, 3.8) is 0 Å². The first-order valence-electron chi connectivity index (χ1n) is 9.19. The molecule has 8 heteroatoms. The minimum atomic E-state index is -1.75. The van der Waals surface area contributed by atoms with Crippen molar-refractivity contribution in [2.24, 2.45) is 0 Å². The predicted octanol–water partition coefficient (Wildman–Crippen LogP) is 2.93. The molecule has 1 atom stereocenters. The Bertz CT molecular complexity index is 964. The largest absolute Gasteiger partial charge is 0.331 e. The SMILES string of the molecule is CC(C)n1ccc(S(=O)NC(=O)Nc2c3c(cc4c2CCC4=O)CCC3)n1. The van der Waals surface area contributed by atoms with Gasteiger partial charge in [-0.15, -0.1) is 0 Å². The summed E-state index contributed by atoms with van der Waals surface area (Å²) in [6.45, 7) is 3.94. The molecule has 2 aliphatic carbocycles. The van der Waals surface area contributed by atoms with Crippen molar-refractivity contribution in [2.45, 2.75) is 57.0 Å².